The molecule has 1 aromatic carbocycles. The van der Waals surface area contributed by atoms with Crippen LogP contribution in [0.5, 0.6) is 5.75 Å². The van der Waals surface area contributed by atoms with Crippen molar-refractivity contribution in [2.75, 3.05) is 26.9 Å². The number of hydrogen-bond acceptors (Lipinski definition) is 5. The number of sulfonamides is 1. The summed E-state index contributed by atoms with van der Waals surface area (Å²) in [6.45, 7) is 0.817. The van der Waals surface area contributed by atoms with E-state index < -0.39 is 10.0 Å². The number of ether oxygens (including phenoxy) is 2. The summed E-state index contributed by atoms with van der Waals surface area (Å²) in [5.41, 5.74) is 0. The molecule has 0 aliphatic rings. The first-order valence-corrected chi connectivity index (χ1v) is 7.98. The minimum Gasteiger partial charge on any atom is -0.482 e. The van der Waals surface area contributed by atoms with Crippen LogP contribution in [-0.4, -0.2) is 41.2 Å². The van der Waals surface area contributed by atoms with Crippen molar-refractivity contribution in [2.45, 2.75) is 11.3 Å². The molecular weight excluding hydrogens is 320 g/mol. The van der Waals surface area contributed by atoms with Gasteiger partial charge >= 0.3 is 0 Å². The molecule has 0 saturated carbocycles. The Morgan fingerprint density at radius 2 is 2.14 bits per heavy atom. The molecule has 0 aliphatic heterocycles. The lowest BCUT2D eigenvalue weighted by Crippen LogP contribution is -2.30. The van der Waals surface area contributed by atoms with Crippen LogP contribution >= 0.6 is 11.6 Å². The molecule has 1 amide bonds. The Morgan fingerprint density at radius 3 is 2.71 bits per heavy atom. The normalized spacial score (nSPS) is 11.2. The number of methoxy groups -OCH3 is 1. The van der Waals surface area contributed by atoms with Crippen LogP contribution in [0.3, 0.4) is 0 Å². The van der Waals surface area contributed by atoms with E-state index >= 15 is 0 Å². The zero-order valence-electron chi connectivity index (χ0n) is 11.5. The van der Waals surface area contributed by atoms with E-state index in [9.17, 15) is 13.2 Å². The van der Waals surface area contributed by atoms with Gasteiger partial charge in [-0.1, -0.05) is 11.6 Å². The van der Waals surface area contributed by atoms with E-state index in [0.717, 1.165) is 0 Å². The maximum absolute atomic E-state index is 11.5. The molecule has 0 bridgehead atoms. The Morgan fingerprint density at radius 1 is 1.43 bits per heavy atom. The van der Waals surface area contributed by atoms with Gasteiger partial charge in [-0.15, -0.1) is 0 Å². The lowest BCUT2D eigenvalue weighted by Gasteiger charge is -2.09. The smallest absolute Gasteiger partial charge is 0.257 e. The zero-order chi connectivity index (χ0) is 15.9. The van der Waals surface area contributed by atoms with Crippen LogP contribution in [0, 0.1) is 0 Å². The fraction of sp³-hybridized carbons (Fsp3) is 0.417. The Bertz CT molecular complexity index is 591. The number of rotatable bonds is 8. The van der Waals surface area contributed by atoms with Gasteiger partial charge in [0.05, 0.1) is 9.92 Å². The first-order valence-electron chi connectivity index (χ1n) is 6.05. The van der Waals surface area contributed by atoms with Gasteiger partial charge in [-0.2, -0.15) is 0 Å². The summed E-state index contributed by atoms with van der Waals surface area (Å²) in [5.74, 6) is -0.103. The third-order valence-corrected chi connectivity index (χ3v) is 3.64. The lowest BCUT2D eigenvalue weighted by molar-refractivity contribution is -0.123. The maximum Gasteiger partial charge on any atom is 0.257 e. The molecule has 118 valence electrons. The number of carbonyl (C=O) groups excluding carboxylic acids is 1. The summed E-state index contributed by atoms with van der Waals surface area (Å²) in [5, 5.41) is 7.68. The molecule has 21 heavy (non-hydrogen) atoms. The zero-order valence-corrected chi connectivity index (χ0v) is 13.0. The molecule has 1 rings (SSSR count). The van der Waals surface area contributed by atoms with E-state index in [-0.39, 0.29) is 28.2 Å². The number of nitrogens with two attached hydrogens (primary N) is 1. The van der Waals surface area contributed by atoms with Crippen molar-refractivity contribution in [2.24, 2.45) is 5.14 Å². The number of hydrogen-bond donors (Lipinski definition) is 2. The molecule has 0 radical (unpaired) electrons. The summed E-state index contributed by atoms with van der Waals surface area (Å²) < 4.78 is 32.3. The molecule has 0 atom stereocenters. The van der Waals surface area contributed by atoms with Crippen LogP contribution in [-0.2, 0) is 19.6 Å². The first-order chi connectivity index (χ1) is 9.84. The van der Waals surface area contributed by atoms with E-state index in [0.29, 0.717) is 19.6 Å². The third kappa shape index (κ3) is 6.30. The van der Waals surface area contributed by atoms with Crippen LogP contribution in [0.15, 0.2) is 23.1 Å². The van der Waals surface area contributed by atoms with Crippen molar-refractivity contribution in [1.82, 2.24) is 5.32 Å². The number of carbonyl (C=O) groups is 1. The number of amides is 1. The van der Waals surface area contributed by atoms with Gasteiger partial charge in [0.25, 0.3) is 5.91 Å². The highest BCUT2D eigenvalue weighted by Crippen LogP contribution is 2.26. The molecule has 0 aromatic heterocycles. The van der Waals surface area contributed by atoms with Gasteiger partial charge < -0.3 is 14.8 Å². The van der Waals surface area contributed by atoms with Crippen molar-refractivity contribution in [1.29, 1.82) is 0 Å². The standard InChI is InChI=1S/C12H17ClN2O5S/c1-19-6-2-5-15-12(16)8-20-11-4-3-9(7-10(11)13)21(14,17)18/h3-4,7H,2,5-6,8H2,1H3,(H,15,16)(H2,14,17,18). The largest absolute Gasteiger partial charge is 0.482 e. The summed E-state index contributed by atoms with van der Waals surface area (Å²) in [6, 6.07) is 3.77. The van der Waals surface area contributed by atoms with Crippen LogP contribution in [0.4, 0.5) is 0 Å². The van der Waals surface area contributed by atoms with E-state index in [2.05, 4.69) is 5.32 Å². The summed E-state index contributed by atoms with van der Waals surface area (Å²) >= 11 is 5.87. The monoisotopic (exact) mass is 336 g/mol. The second-order valence-corrected chi connectivity index (χ2v) is 6.09. The topological polar surface area (TPSA) is 108 Å². The molecule has 0 unspecified atom stereocenters. The van der Waals surface area contributed by atoms with Crippen molar-refractivity contribution in [3.8, 4) is 5.75 Å². The second kappa shape index (κ2) is 8.18. The van der Waals surface area contributed by atoms with Gasteiger partial charge in [0, 0.05) is 20.3 Å². The molecular formula is C12H17ClN2O5S. The van der Waals surface area contributed by atoms with E-state index in [4.69, 9.17) is 26.2 Å². The minimum atomic E-state index is -3.82. The second-order valence-electron chi connectivity index (χ2n) is 4.12. The fourth-order valence-corrected chi connectivity index (χ4v) is 2.25. The minimum absolute atomic E-state index is 0.0636. The van der Waals surface area contributed by atoms with Crippen LogP contribution < -0.4 is 15.2 Å². The highest BCUT2D eigenvalue weighted by atomic mass is 35.5. The number of benzene rings is 1. The first kappa shape index (κ1) is 17.7. The molecule has 1 aromatic rings. The molecule has 0 spiro atoms. The van der Waals surface area contributed by atoms with Crippen LogP contribution in [0.25, 0.3) is 0 Å². The Balaban J connectivity index is 2.51. The van der Waals surface area contributed by atoms with Crippen LogP contribution in [0.2, 0.25) is 5.02 Å². The van der Waals surface area contributed by atoms with Crippen molar-refractivity contribution < 1.29 is 22.7 Å². The molecule has 0 aliphatic carbocycles. The van der Waals surface area contributed by atoms with E-state index in [1.165, 1.54) is 18.2 Å². The fourth-order valence-electron chi connectivity index (χ4n) is 1.41. The number of halogens is 1. The van der Waals surface area contributed by atoms with Gasteiger partial charge in [0.2, 0.25) is 10.0 Å². The molecule has 7 nitrogen and oxygen atoms in total. The molecule has 0 saturated heterocycles. The average molecular weight is 337 g/mol. The van der Waals surface area contributed by atoms with Crippen molar-refractivity contribution in [3.63, 3.8) is 0 Å². The summed E-state index contributed by atoms with van der Waals surface area (Å²) in [6.07, 6.45) is 0.700. The van der Waals surface area contributed by atoms with E-state index in [1.807, 2.05) is 0 Å². The molecule has 0 heterocycles. The number of primary sulfonamides is 1. The highest BCUT2D eigenvalue weighted by Gasteiger charge is 2.12. The predicted molar refractivity (Wildman–Crippen MR) is 77.8 cm³/mol. The van der Waals surface area contributed by atoms with Gasteiger partial charge in [-0.25, -0.2) is 13.6 Å². The number of nitrogens with one attached hydrogen (secondary N) is 1. The Hall–Kier alpha value is -1.35. The third-order valence-electron chi connectivity index (χ3n) is 2.44. The summed E-state index contributed by atoms with van der Waals surface area (Å²) in [7, 11) is -2.24. The SMILES string of the molecule is COCCCNC(=O)COc1ccc(S(N)(=O)=O)cc1Cl. The Kier molecular flexibility index (Phi) is 6.90. The van der Waals surface area contributed by atoms with Gasteiger partial charge in [0.15, 0.2) is 6.61 Å². The molecule has 9 heteroatoms. The van der Waals surface area contributed by atoms with Gasteiger partial charge in [-0.05, 0) is 24.6 Å². The van der Waals surface area contributed by atoms with Gasteiger partial charge in [0.1, 0.15) is 5.75 Å². The molecule has 3 N–H and O–H groups in total. The maximum atomic E-state index is 11.5. The van der Waals surface area contributed by atoms with Gasteiger partial charge in [-0.3, -0.25) is 4.79 Å². The van der Waals surface area contributed by atoms with E-state index in [1.54, 1.807) is 7.11 Å². The highest BCUT2D eigenvalue weighted by molar-refractivity contribution is 7.89. The lowest BCUT2D eigenvalue weighted by atomic mass is 10.3. The van der Waals surface area contributed by atoms with Crippen molar-refractivity contribution >= 4 is 27.5 Å². The Labute approximate surface area is 128 Å². The average Bonchev–Trinajstić information content (AvgIpc) is 2.41. The predicted octanol–water partition coefficient (Wildman–Crippen LogP) is 0.519. The molecule has 0 fully saturated rings. The van der Waals surface area contributed by atoms with Crippen LogP contribution in [0.1, 0.15) is 6.42 Å². The summed E-state index contributed by atoms with van der Waals surface area (Å²) in [4.78, 5) is 11.4. The van der Waals surface area contributed by atoms with Crippen molar-refractivity contribution in [3.05, 3.63) is 23.2 Å². The quantitative estimate of drug-likeness (QED) is 0.673.